The Morgan fingerprint density at radius 3 is 2.53 bits per heavy atom. The maximum Gasteiger partial charge on any atom is 0.309 e. The first-order chi connectivity index (χ1) is 7.08. The summed E-state index contributed by atoms with van der Waals surface area (Å²) in [4.78, 5) is 11.2. The van der Waals surface area contributed by atoms with E-state index in [1.807, 2.05) is 19.1 Å². The number of hydrogen-bond acceptors (Lipinski definition) is 2. The third-order valence-electron chi connectivity index (χ3n) is 2.29. The first-order valence-electron chi connectivity index (χ1n) is 4.49. The van der Waals surface area contributed by atoms with Gasteiger partial charge in [-0.05, 0) is 35.7 Å². The molecule has 1 rings (SSSR count). The zero-order valence-electron chi connectivity index (χ0n) is 8.64. The van der Waals surface area contributed by atoms with Gasteiger partial charge in [0.25, 0.3) is 0 Å². The molecular weight excluding hydrogens is 324 g/mol. The van der Waals surface area contributed by atoms with Crippen LogP contribution in [-0.4, -0.2) is 13.1 Å². The summed E-state index contributed by atoms with van der Waals surface area (Å²) >= 11 is 6.85. The summed E-state index contributed by atoms with van der Waals surface area (Å²) in [6.45, 7) is 2.02. The van der Waals surface area contributed by atoms with Gasteiger partial charge in [-0.15, -0.1) is 0 Å². The van der Waals surface area contributed by atoms with Gasteiger partial charge in [-0.2, -0.15) is 0 Å². The van der Waals surface area contributed by atoms with Crippen molar-refractivity contribution in [2.24, 2.45) is 0 Å². The first-order valence-corrected chi connectivity index (χ1v) is 6.40. The van der Waals surface area contributed by atoms with E-state index in [9.17, 15) is 4.79 Å². The molecule has 0 aromatic heterocycles. The Balaban J connectivity index is 3.06. The maximum atomic E-state index is 11.2. The van der Waals surface area contributed by atoms with Crippen molar-refractivity contribution in [2.75, 3.05) is 7.11 Å². The van der Waals surface area contributed by atoms with Crippen LogP contribution in [0.4, 0.5) is 0 Å². The van der Waals surface area contributed by atoms with Gasteiger partial charge in [0.1, 0.15) is 0 Å². The fourth-order valence-corrected chi connectivity index (χ4v) is 2.48. The topological polar surface area (TPSA) is 26.3 Å². The molecule has 0 aliphatic rings. The predicted octanol–water partition coefficient (Wildman–Crippen LogP) is 3.37. The summed E-state index contributed by atoms with van der Waals surface area (Å²) in [6, 6.07) is 4.00. The number of ether oxygens (including phenoxy) is 1. The Hall–Kier alpha value is -0.350. The third-order valence-corrected chi connectivity index (χ3v) is 3.36. The van der Waals surface area contributed by atoms with Crippen LogP contribution in [0.3, 0.4) is 0 Å². The lowest BCUT2D eigenvalue weighted by molar-refractivity contribution is -0.139. The van der Waals surface area contributed by atoms with Crippen molar-refractivity contribution in [2.45, 2.75) is 18.7 Å². The van der Waals surface area contributed by atoms with Gasteiger partial charge >= 0.3 is 5.97 Å². The van der Waals surface area contributed by atoms with Crippen LogP contribution in [0.1, 0.15) is 16.7 Å². The molecule has 0 aliphatic carbocycles. The Labute approximate surface area is 106 Å². The highest BCUT2D eigenvalue weighted by atomic mass is 79.9. The number of halogens is 2. The molecule has 82 valence electrons. The Kier molecular flexibility index (Phi) is 4.80. The molecule has 0 N–H and O–H groups in total. The number of esters is 1. The lowest BCUT2D eigenvalue weighted by Gasteiger charge is -2.09. The second-order valence-electron chi connectivity index (χ2n) is 3.24. The highest BCUT2D eigenvalue weighted by molar-refractivity contribution is 9.10. The van der Waals surface area contributed by atoms with Gasteiger partial charge in [0, 0.05) is 9.80 Å². The van der Waals surface area contributed by atoms with Crippen LogP contribution >= 0.6 is 31.9 Å². The number of benzene rings is 1. The van der Waals surface area contributed by atoms with Gasteiger partial charge in [0.2, 0.25) is 0 Å². The number of carbonyl (C=O) groups is 1. The Morgan fingerprint density at radius 1 is 1.40 bits per heavy atom. The van der Waals surface area contributed by atoms with Crippen LogP contribution in [0.5, 0.6) is 0 Å². The summed E-state index contributed by atoms with van der Waals surface area (Å²) in [5, 5.41) is 0.784. The van der Waals surface area contributed by atoms with E-state index in [1.165, 1.54) is 12.7 Å². The van der Waals surface area contributed by atoms with E-state index in [0.717, 1.165) is 20.9 Å². The van der Waals surface area contributed by atoms with Crippen molar-refractivity contribution in [3.63, 3.8) is 0 Å². The van der Waals surface area contributed by atoms with E-state index < -0.39 is 0 Å². The number of carbonyl (C=O) groups excluding carboxylic acids is 1. The smallest absolute Gasteiger partial charge is 0.309 e. The van der Waals surface area contributed by atoms with Gasteiger partial charge in [-0.3, -0.25) is 4.79 Å². The average molecular weight is 336 g/mol. The maximum absolute atomic E-state index is 11.2. The van der Waals surface area contributed by atoms with Gasteiger partial charge in [0.05, 0.1) is 13.5 Å². The highest BCUT2D eigenvalue weighted by Crippen LogP contribution is 2.23. The number of hydrogen-bond donors (Lipinski definition) is 0. The molecule has 0 unspecified atom stereocenters. The van der Waals surface area contributed by atoms with Crippen LogP contribution in [0.25, 0.3) is 0 Å². The van der Waals surface area contributed by atoms with Gasteiger partial charge < -0.3 is 4.74 Å². The zero-order chi connectivity index (χ0) is 11.4. The molecule has 0 fully saturated rings. The minimum Gasteiger partial charge on any atom is -0.469 e. The molecule has 0 saturated heterocycles. The van der Waals surface area contributed by atoms with Crippen molar-refractivity contribution in [3.8, 4) is 0 Å². The van der Waals surface area contributed by atoms with E-state index in [4.69, 9.17) is 0 Å². The fraction of sp³-hybridized carbons (Fsp3) is 0.364. The average Bonchev–Trinajstić information content (AvgIpc) is 2.22. The van der Waals surface area contributed by atoms with Crippen LogP contribution in [0.15, 0.2) is 16.6 Å². The number of rotatable bonds is 3. The van der Waals surface area contributed by atoms with E-state index in [1.54, 1.807) is 0 Å². The largest absolute Gasteiger partial charge is 0.469 e. The Bertz CT molecular complexity index is 375. The van der Waals surface area contributed by atoms with Gasteiger partial charge in [-0.1, -0.05) is 31.9 Å². The zero-order valence-corrected chi connectivity index (χ0v) is 11.8. The molecule has 0 atom stereocenters. The molecule has 0 radical (unpaired) electrons. The molecular formula is C11H12Br2O2. The molecule has 2 nitrogen and oxygen atoms in total. The predicted molar refractivity (Wildman–Crippen MR) is 67.2 cm³/mol. The first kappa shape index (κ1) is 12.7. The summed E-state index contributed by atoms with van der Waals surface area (Å²) in [5.74, 6) is -0.211. The van der Waals surface area contributed by atoms with E-state index in [0.29, 0.717) is 6.42 Å². The monoisotopic (exact) mass is 334 g/mol. The fourth-order valence-electron chi connectivity index (χ4n) is 1.35. The molecule has 0 aliphatic heterocycles. The van der Waals surface area contributed by atoms with Crippen LogP contribution < -0.4 is 0 Å². The minimum atomic E-state index is -0.211. The molecule has 0 heterocycles. The minimum absolute atomic E-state index is 0.211. The van der Waals surface area contributed by atoms with E-state index >= 15 is 0 Å². The second kappa shape index (κ2) is 5.66. The van der Waals surface area contributed by atoms with Gasteiger partial charge in [0.15, 0.2) is 0 Å². The van der Waals surface area contributed by atoms with Gasteiger partial charge in [-0.25, -0.2) is 0 Å². The molecule has 1 aromatic carbocycles. The van der Waals surface area contributed by atoms with Crippen molar-refractivity contribution >= 4 is 37.8 Å². The van der Waals surface area contributed by atoms with Crippen molar-refractivity contribution in [3.05, 3.63) is 33.3 Å². The molecule has 1 aromatic rings. The van der Waals surface area contributed by atoms with E-state index in [-0.39, 0.29) is 5.97 Å². The summed E-state index contributed by atoms with van der Waals surface area (Å²) in [6.07, 6.45) is 0.321. The highest BCUT2D eigenvalue weighted by Gasteiger charge is 2.09. The lowest BCUT2D eigenvalue weighted by atomic mass is 10.0. The van der Waals surface area contributed by atoms with E-state index in [2.05, 4.69) is 36.6 Å². The lowest BCUT2D eigenvalue weighted by Crippen LogP contribution is -2.06. The molecule has 15 heavy (non-hydrogen) atoms. The number of methoxy groups -OCH3 is 1. The number of alkyl halides is 1. The molecule has 0 bridgehead atoms. The summed E-state index contributed by atoms with van der Waals surface area (Å²) in [7, 11) is 1.40. The van der Waals surface area contributed by atoms with Crippen LogP contribution in [-0.2, 0) is 21.3 Å². The van der Waals surface area contributed by atoms with Crippen molar-refractivity contribution in [1.29, 1.82) is 0 Å². The van der Waals surface area contributed by atoms with Crippen molar-refractivity contribution in [1.82, 2.24) is 0 Å². The molecule has 0 saturated carbocycles. The second-order valence-corrected chi connectivity index (χ2v) is 4.71. The quantitative estimate of drug-likeness (QED) is 0.625. The molecule has 0 amide bonds. The van der Waals surface area contributed by atoms with Crippen LogP contribution in [0, 0.1) is 6.92 Å². The third kappa shape index (κ3) is 3.31. The van der Waals surface area contributed by atoms with Crippen molar-refractivity contribution < 1.29 is 9.53 Å². The Morgan fingerprint density at radius 2 is 2.00 bits per heavy atom. The molecule has 4 heteroatoms. The standard InChI is InChI=1S/C11H12Br2O2/c1-7-8(5-11(14)15-2)3-10(13)4-9(7)6-12/h3-4H,5-6H2,1-2H3. The van der Waals surface area contributed by atoms with Crippen LogP contribution in [0.2, 0.25) is 0 Å². The summed E-state index contributed by atoms with van der Waals surface area (Å²) < 4.78 is 5.64. The molecule has 0 spiro atoms. The summed E-state index contributed by atoms with van der Waals surface area (Å²) in [5.41, 5.74) is 3.33. The normalized spacial score (nSPS) is 10.1. The SMILES string of the molecule is COC(=O)Cc1cc(Br)cc(CBr)c1C.